The monoisotopic (exact) mass is 325 g/mol. The summed E-state index contributed by atoms with van der Waals surface area (Å²) in [4.78, 5) is 24.2. The maximum Gasteiger partial charge on any atom is 0.337 e. The largest absolute Gasteiger partial charge is 0.478 e. The molecule has 0 radical (unpaired) electrons. The molecule has 0 aromatic heterocycles. The molecule has 1 aromatic rings. The molecule has 19 heavy (non-hydrogen) atoms. The summed E-state index contributed by atoms with van der Waals surface area (Å²) in [5.41, 5.74) is 0.209. The van der Waals surface area contributed by atoms with Gasteiger partial charge < -0.3 is 15.3 Å². The fourth-order valence-corrected chi connectivity index (χ4v) is 1.69. The Kier molecular flexibility index (Phi) is 5.33. The van der Waals surface area contributed by atoms with Gasteiger partial charge in [-0.25, -0.2) is 9.59 Å². The van der Waals surface area contributed by atoms with Crippen LogP contribution < -0.4 is 5.32 Å². The lowest BCUT2D eigenvalue weighted by atomic mass is 10.2. The first kappa shape index (κ1) is 15.0. The minimum absolute atomic E-state index is 0.00333. The third-order valence-electron chi connectivity index (χ3n) is 2.36. The fourth-order valence-electron chi connectivity index (χ4n) is 1.33. The number of nitrogens with zero attached hydrogens (tertiary/aromatic N) is 2. The molecule has 100 valence electrons. The molecule has 0 aliphatic rings. The van der Waals surface area contributed by atoms with Crippen molar-refractivity contribution >= 4 is 33.6 Å². The Bertz CT molecular complexity index is 540. The molecule has 0 spiro atoms. The number of carbonyl (C=O) groups excluding carboxylic acids is 1. The van der Waals surface area contributed by atoms with Crippen molar-refractivity contribution in [2.24, 2.45) is 0 Å². The molecular weight excluding hydrogens is 314 g/mol. The highest BCUT2D eigenvalue weighted by molar-refractivity contribution is 9.10. The molecule has 0 aliphatic carbocycles. The van der Waals surface area contributed by atoms with Crippen molar-refractivity contribution in [2.75, 3.05) is 18.9 Å². The van der Waals surface area contributed by atoms with Crippen LogP contribution in [0.2, 0.25) is 0 Å². The van der Waals surface area contributed by atoms with E-state index in [1.807, 2.05) is 6.07 Å². The molecule has 6 nitrogen and oxygen atoms in total. The van der Waals surface area contributed by atoms with Gasteiger partial charge in [0.2, 0.25) is 0 Å². The van der Waals surface area contributed by atoms with Crippen LogP contribution in [0.3, 0.4) is 0 Å². The van der Waals surface area contributed by atoms with Crippen LogP contribution in [0.15, 0.2) is 22.7 Å². The van der Waals surface area contributed by atoms with Crippen LogP contribution in [-0.2, 0) is 0 Å². The van der Waals surface area contributed by atoms with Crippen molar-refractivity contribution in [3.8, 4) is 6.07 Å². The van der Waals surface area contributed by atoms with Crippen molar-refractivity contribution in [2.45, 2.75) is 6.42 Å². The highest BCUT2D eigenvalue weighted by atomic mass is 79.9. The van der Waals surface area contributed by atoms with Gasteiger partial charge in [0.15, 0.2) is 0 Å². The minimum Gasteiger partial charge on any atom is -0.478 e. The molecule has 1 rings (SSSR count). The molecule has 0 saturated carbocycles. The smallest absolute Gasteiger partial charge is 0.337 e. The first-order chi connectivity index (χ1) is 8.95. The summed E-state index contributed by atoms with van der Waals surface area (Å²) >= 11 is 3.17. The molecule has 2 amide bonds. The lowest BCUT2D eigenvalue weighted by molar-refractivity contribution is 0.0698. The van der Waals surface area contributed by atoms with Gasteiger partial charge in [-0.1, -0.05) is 15.9 Å². The summed E-state index contributed by atoms with van der Waals surface area (Å²) in [5, 5.41) is 20.0. The quantitative estimate of drug-likeness (QED) is 0.889. The zero-order valence-electron chi connectivity index (χ0n) is 10.2. The highest BCUT2D eigenvalue weighted by Crippen LogP contribution is 2.21. The van der Waals surface area contributed by atoms with Crippen LogP contribution in [0.5, 0.6) is 0 Å². The third kappa shape index (κ3) is 4.26. The molecule has 0 bridgehead atoms. The molecule has 0 fully saturated rings. The fraction of sp³-hybridized carbons (Fsp3) is 0.250. The SMILES string of the molecule is CN(CCC#N)C(=O)Nc1ccc(Br)cc1C(=O)O. The molecule has 0 aliphatic heterocycles. The molecule has 1 aromatic carbocycles. The average molecular weight is 326 g/mol. The number of benzene rings is 1. The van der Waals surface area contributed by atoms with Gasteiger partial charge in [-0.2, -0.15) is 5.26 Å². The Morgan fingerprint density at radius 3 is 2.79 bits per heavy atom. The lowest BCUT2D eigenvalue weighted by Crippen LogP contribution is -2.32. The molecule has 0 unspecified atom stereocenters. The van der Waals surface area contributed by atoms with E-state index in [9.17, 15) is 9.59 Å². The Balaban J connectivity index is 2.85. The van der Waals surface area contributed by atoms with Crippen LogP contribution >= 0.6 is 15.9 Å². The van der Waals surface area contributed by atoms with Crippen molar-refractivity contribution in [3.63, 3.8) is 0 Å². The van der Waals surface area contributed by atoms with Gasteiger partial charge >= 0.3 is 12.0 Å². The Morgan fingerprint density at radius 2 is 2.21 bits per heavy atom. The normalized spacial score (nSPS) is 9.53. The zero-order chi connectivity index (χ0) is 14.4. The number of halogens is 1. The van der Waals surface area contributed by atoms with Crippen LogP contribution in [0.1, 0.15) is 16.8 Å². The van der Waals surface area contributed by atoms with Crippen LogP contribution in [-0.4, -0.2) is 35.6 Å². The summed E-state index contributed by atoms with van der Waals surface area (Å²) in [7, 11) is 1.53. The van der Waals surface area contributed by atoms with Crippen molar-refractivity contribution in [1.29, 1.82) is 5.26 Å². The van der Waals surface area contributed by atoms with Crippen molar-refractivity contribution in [3.05, 3.63) is 28.2 Å². The summed E-state index contributed by atoms with van der Waals surface area (Å²) in [6.07, 6.45) is 0.218. The molecule has 0 atom stereocenters. The van der Waals surface area contributed by atoms with E-state index in [1.54, 1.807) is 6.07 Å². The van der Waals surface area contributed by atoms with Crippen LogP contribution in [0, 0.1) is 11.3 Å². The van der Waals surface area contributed by atoms with E-state index in [0.717, 1.165) is 0 Å². The van der Waals surface area contributed by atoms with E-state index in [4.69, 9.17) is 10.4 Å². The second kappa shape index (κ2) is 6.75. The third-order valence-corrected chi connectivity index (χ3v) is 2.85. The van der Waals surface area contributed by atoms with E-state index in [2.05, 4.69) is 21.2 Å². The number of carboxylic acids is 1. The molecular formula is C12H12BrN3O3. The standard InChI is InChI=1S/C12H12BrN3O3/c1-16(6-2-5-14)12(19)15-10-4-3-8(13)7-9(10)11(17)18/h3-4,7H,2,6H2,1H3,(H,15,19)(H,17,18). The number of nitriles is 1. The minimum atomic E-state index is -1.13. The van der Waals surface area contributed by atoms with E-state index >= 15 is 0 Å². The number of amides is 2. The first-order valence-corrected chi connectivity index (χ1v) is 6.17. The topological polar surface area (TPSA) is 93.4 Å². The summed E-state index contributed by atoms with van der Waals surface area (Å²) in [6, 6.07) is 6.02. The van der Waals surface area contributed by atoms with Gasteiger partial charge in [0.05, 0.1) is 23.7 Å². The molecule has 0 heterocycles. The predicted molar refractivity (Wildman–Crippen MR) is 73.0 cm³/mol. The predicted octanol–water partition coefficient (Wildman–Crippen LogP) is 2.52. The maximum absolute atomic E-state index is 11.8. The lowest BCUT2D eigenvalue weighted by Gasteiger charge is -2.17. The number of carbonyl (C=O) groups is 2. The highest BCUT2D eigenvalue weighted by Gasteiger charge is 2.15. The number of nitrogens with one attached hydrogen (secondary N) is 1. The summed E-state index contributed by atoms with van der Waals surface area (Å²) < 4.78 is 0.612. The number of hydrogen-bond acceptors (Lipinski definition) is 3. The number of carboxylic acid groups (broad SMARTS) is 1. The van der Waals surface area contributed by atoms with Gasteiger partial charge in [0, 0.05) is 18.1 Å². The Labute approximate surface area is 118 Å². The molecule has 2 N–H and O–H groups in total. The average Bonchev–Trinajstić information content (AvgIpc) is 2.37. The molecule has 0 saturated heterocycles. The number of hydrogen-bond donors (Lipinski definition) is 2. The first-order valence-electron chi connectivity index (χ1n) is 5.37. The summed E-state index contributed by atoms with van der Waals surface area (Å²) in [6.45, 7) is 0.279. The summed E-state index contributed by atoms with van der Waals surface area (Å²) in [5.74, 6) is -1.13. The number of urea groups is 1. The Hall–Kier alpha value is -2.07. The van der Waals surface area contributed by atoms with Crippen molar-refractivity contribution in [1.82, 2.24) is 4.90 Å². The second-order valence-corrected chi connectivity index (χ2v) is 4.67. The van der Waals surface area contributed by atoms with E-state index < -0.39 is 12.0 Å². The Morgan fingerprint density at radius 1 is 1.53 bits per heavy atom. The zero-order valence-corrected chi connectivity index (χ0v) is 11.8. The second-order valence-electron chi connectivity index (χ2n) is 3.75. The number of rotatable bonds is 4. The van der Waals surface area contributed by atoms with Crippen molar-refractivity contribution < 1.29 is 14.7 Å². The van der Waals surface area contributed by atoms with Gasteiger partial charge in [0.25, 0.3) is 0 Å². The van der Waals surface area contributed by atoms with Gasteiger partial charge in [-0.15, -0.1) is 0 Å². The van der Waals surface area contributed by atoms with E-state index in [-0.39, 0.29) is 24.2 Å². The van der Waals surface area contributed by atoms with Gasteiger partial charge in [0.1, 0.15) is 0 Å². The number of anilines is 1. The van der Waals surface area contributed by atoms with Crippen LogP contribution in [0.4, 0.5) is 10.5 Å². The number of aromatic carboxylic acids is 1. The molecule has 7 heteroatoms. The van der Waals surface area contributed by atoms with Gasteiger partial charge in [-0.3, -0.25) is 0 Å². The van der Waals surface area contributed by atoms with E-state index in [1.165, 1.54) is 24.1 Å². The maximum atomic E-state index is 11.8. The van der Waals surface area contributed by atoms with Crippen LogP contribution in [0.25, 0.3) is 0 Å². The van der Waals surface area contributed by atoms with Gasteiger partial charge in [-0.05, 0) is 18.2 Å². The van der Waals surface area contributed by atoms with E-state index in [0.29, 0.717) is 4.47 Å².